The van der Waals surface area contributed by atoms with E-state index in [0.29, 0.717) is 0 Å². The maximum absolute atomic E-state index is 3.53. The van der Waals surface area contributed by atoms with E-state index in [2.05, 4.69) is 37.5 Å². The fourth-order valence-corrected chi connectivity index (χ4v) is 2.62. The van der Waals surface area contributed by atoms with Gasteiger partial charge in [-0.15, -0.1) is 11.3 Å². The Bertz CT molecular complexity index is 265. The van der Waals surface area contributed by atoms with Crippen molar-refractivity contribution in [3.63, 3.8) is 0 Å². The number of hydrogen-bond donors (Lipinski definition) is 1. The van der Waals surface area contributed by atoms with Crippen LogP contribution in [-0.2, 0) is 13.0 Å². The van der Waals surface area contributed by atoms with Gasteiger partial charge in [0.1, 0.15) is 0 Å². The Hall–Kier alpha value is -0.340. The Morgan fingerprint density at radius 3 is 2.87 bits per heavy atom. The van der Waals surface area contributed by atoms with Crippen LogP contribution in [0.3, 0.4) is 0 Å². The first-order chi connectivity index (χ1) is 7.24. The monoisotopic (exact) mass is 225 g/mol. The molecule has 1 nitrogen and oxygen atoms in total. The average molecular weight is 225 g/mol. The van der Waals surface area contributed by atoms with Gasteiger partial charge in [-0.3, -0.25) is 0 Å². The molecule has 0 aromatic carbocycles. The summed E-state index contributed by atoms with van der Waals surface area (Å²) < 4.78 is 0. The van der Waals surface area contributed by atoms with Crippen molar-refractivity contribution < 1.29 is 0 Å². The summed E-state index contributed by atoms with van der Waals surface area (Å²) >= 11 is 1.88. The Labute approximate surface area is 97.9 Å². The lowest BCUT2D eigenvalue weighted by Crippen LogP contribution is -2.15. The molecule has 0 aliphatic carbocycles. The van der Waals surface area contributed by atoms with Crippen molar-refractivity contribution in [3.8, 4) is 0 Å². The van der Waals surface area contributed by atoms with E-state index in [-0.39, 0.29) is 0 Å². The topological polar surface area (TPSA) is 12.0 Å². The molecule has 0 saturated heterocycles. The molecule has 0 unspecified atom stereocenters. The highest BCUT2D eigenvalue weighted by Gasteiger charge is 2.01. The first kappa shape index (κ1) is 12.7. The summed E-state index contributed by atoms with van der Waals surface area (Å²) in [6, 6.07) is 2.25. The highest BCUT2D eigenvalue weighted by Crippen LogP contribution is 2.16. The molecule has 0 aliphatic rings. The number of hydrogen-bond acceptors (Lipinski definition) is 2. The van der Waals surface area contributed by atoms with Gasteiger partial charge in [-0.1, -0.05) is 20.8 Å². The normalized spacial score (nSPS) is 11.2. The van der Waals surface area contributed by atoms with Crippen molar-refractivity contribution in [2.45, 2.75) is 46.6 Å². The van der Waals surface area contributed by atoms with E-state index in [1.165, 1.54) is 23.3 Å². The Kier molecular flexibility index (Phi) is 5.96. The minimum atomic E-state index is 0.833. The van der Waals surface area contributed by atoms with Crippen LogP contribution in [0.4, 0.5) is 0 Å². The highest BCUT2D eigenvalue weighted by atomic mass is 32.1. The van der Waals surface area contributed by atoms with E-state index in [9.17, 15) is 0 Å². The zero-order valence-corrected chi connectivity index (χ0v) is 11.0. The maximum Gasteiger partial charge on any atom is 0.0302 e. The van der Waals surface area contributed by atoms with Crippen molar-refractivity contribution in [2.24, 2.45) is 5.92 Å². The maximum atomic E-state index is 3.53. The Morgan fingerprint density at radius 1 is 1.40 bits per heavy atom. The summed E-state index contributed by atoms with van der Waals surface area (Å²) in [5, 5.41) is 5.73. The van der Waals surface area contributed by atoms with E-state index in [1.807, 2.05) is 11.3 Å². The van der Waals surface area contributed by atoms with Crippen LogP contribution < -0.4 is 5.32 Å². The van der Waals surface area contributed by atoms with Gasteiger partial charge in [0.2, 0.25) is 0 Å². The predicted molar refractivity (Wildman–Crippen MR) is 69.5 cm³/mol. The summed E-state index contributed by atoms with van der Waals surface area (Å²) in [6.07, 6.45) is 3.79. The summed E-state index contributed by atoms with van der Waals surface area (Å²) in [4.78, 5) is 1.52. The summed E-state index contributed by atoms with van der Waals surface area (Å²) in [5.41, 5.74) is 1.51. The zero-order chi connectivity index (χ0) is 11.1. The summed E-state index contributed by atoms with van der Waals surface area (Å²) in [7, 11) is 0. The molecule has 1 rings (SSSR count). The summed E-state index contributed by atoms with van der Waals surface area (Å²) in [6.45, 7) is 9.01. The van der Waals surface area contributed by atoms with Crippen LogP contribution in [0.2, 0.25) is 0 Å². The third-order valence-electron chi connectivity index (χ3n) is 2.64. The van der Waals surface area contributed by atoms with E-state index in [4.69, 9.17) is 0 Å². The Morgan fingerprint density at radius 2 is 2.20 bits per heavy atom. The zero-order valence-electron chi connectivity index (χ0n) is 10.2. The smallest absolute Gasteiger partial charge is 0.0302 e. The van der Waals surface area contributed by atoms with Gasteiger partial charge in [-0.2, -0.15) is 0 Å². The van der Waals surface area contributed by atoms with Crippen molar-refractivity contribution in [2.75, 3.05) is 6.54 Å². The molecular weight excluding hydrogens is 202 g/mol. The molecule has 0 saturated carbocycles. The fraction of sp³-hybridized carbons (Fsp3) is 0.692. The molecule has 2 heteroatoms. The molecule has 0 bridgehead atoms. The molecular formula is C13H23NS. The average Bonchev–Trinajstić information content (AvgIpc) is 2.64. The minimum absolute atomic E-state index is 0.833. The van der Waals surface area contributed by atoms with Gasteiger partial charge in [0.05, 0.1) is 0 Å². The quantitative estimate of drug-likeness (QED) is 0.695. The van der Waals surface area contributed by atoms with Crippen molar-refractivity contribution in [1.82, 2.24) is 5.32 Å². The number of nitrogens with one attached hydrogen (secondary N) is 1. The van der Waals surface area contributed by atoms with Gasteiger partial charge in [0.25, 0.3) is 0 Å². The molecule has 1 aromatic heterocycles. The molecule has 1 aromatic rings. The number of rotatable bonds is 7. The van der Waals surface area contributed by atoms with Crippen molar-refractivity contribution in [3.05, 3.63) is 21.9 Å². The third kappa shape index (κ3) is 4.80. The van der Waals surface area contributed by atoms with Crippen LogP contribution in [0, 0.1) is 5.92 Å². The standard InChI is InChI=1S/C13H23NS/c1-4-12-7-9-15-13(12)10-14-8-5-6-11(2)3/h7,9,11,14H,4-6,8,10H2,1-3H3. The molecule has 0 fully saturated rings. The van der Waals surface area contributed by atoms with Crippen LogP contribution >= 0.6 is 11.3 Å². The molecule has 0 aliphatic heterocycles. The second-order valence-corrected chi connectivity index (χ2v) is 5.44. The highest BCUT2D eigenvalue weighted by molar-refractivity contribution is 7.10. The lowest BCUT2D eigenvalue weighted by atomic mass is 10.1. The van der Waals surface area contributed by atoms with Crippen LogP contribution in [0.15, 0.2) is 11.4 Å². The first-order valence-electron chi connectivity index (χ1n) is 6.00. The summed E-state index contributed by atoms with van der Waals surface area (Å²) in [5.74, 6) is 0.833. The number of thiophene rings is 1. The van der Waals surface area contributed by atoms with Gasteiger partial charge < -0.3 is 5.32 Å². The molecule has 0 atom stereocenters. The van der Waals surface area contributed by atoms with E-state index in [0.717, 1.165) is 25.4 Å². The second kappa shape index (κ2) is 7.02. The number of aryl methyl sites for hydroxylation is 1. The largest absolute Gasteiger partial charge is 0.312 e. The van der Waals surface area contributed by atoms with Gasteiger partial charge >= 0.3 is 0 Å². The van der Waals surface area contributed by atoms with Gasteiger partial charge in [0.15, 0.2) is 0 Å². The Balaban J connectivity index is 2.15. The van der Waals surface area contributed by atoms with E-state index >= 15 is 0 Å². The van der Waals surface area contributed by atoms with Gasteiger partial charge in [-0.05, 0) is 48.7 Å². The van der Waals surface area contributed by atoms with E-state index in [1.54, 1.807) is 0 Å². The van der Waals surface area contributed by atoms with Crippen LogP contribution in [0.1, 0.15) is 44.1 Å². The molecule has 1 N–H and O–H groups in total. The molecule has 15 heavy (non-hydrogen) atoms. The van der Waals surface area contributed by atoms with Gasteiger partial charge in [-0.25, -0.2) is 0 Å². The predicted octanol–water partition coefficient (Wildman–Crippen LogP) is 3.84. The first-order valence-corrected chi connectivity index (χ1v) is 6.88. The molecule has 0 spiro atoms. The van der Waals surface area contributed by atoms with Crippen molar-refractivity contribution in [1.29, 1.82) is 0 Å². The molecule has 0 amide bonds. The second-order valence-electron chi connectivity index (χ2n) is 4.44. The fourth-order valence-electron chi connectivity index (χ4n) is 1.67. The lowest BCUT2D eigenvalue weighted by molar-refractivity contribution is 0.528. The van der Waals surface area contributed by atoms with Crippen LogP contribution in [0.25, 0.3) is 0 Å². The van der Waals surface area contributed by atoms with Crippen LogP contribution in [-0.4, -0.2) is 6.54 Å². The molecule has 0 radical (unpaired) electrons. The van der Waals surface area contributed by atoms with Gasteiger partial charge in [0, 0.05) is 11.4 Å². The molecule has 86 valence electrons. The third-order valence-corrected chi connectivity index (χ3v) is 3.60. The SMILES string of the molecule is CCc1ccsc1CNCCCC(C)C. The lowest BCUT2D eigenvalue weighted by Gasteiger charge is -2.06. The van der Waals surface area contributed by atoms with E-state index < -0.39 is 0 Å². The van der Waals surface area contributed by atoms with Crippen molar-refractivity contribution >= 4 is 11.3 Å². The van der Waals surface area contributed by atoms with Crippen LogP contribution in [0.5, 0.6) is 0 Å². The molecule has 1 heterocycles. The minimum Gasteiger partial charge on any atom is -0.312 e.